The van der Waals surface area contributed by atoms with E-state index in [2.05, 4.69) is 21.5 Å². The van der Waals surface area contributed by atoms with E-state index in [-0.39, 0.29) is 11.7 Å². The number of carbonyl (C=O) groups is 2. The minimum absolute atomic E-state index is 0.0418. The Morgan fingerprint density at radius 2 is 1.54 bits per heavy atom. The lowest BCUT2D eigenvalue weighted by molar-refractivity contribution is -0.121. The molecule has 3 amide bonds. The van der Waals surface area contributed by atoms with Gasteiger partial charge in [-0.05, 0) is 36.5 Å². The summed E-state index contributed by atoms with van der Waals surface area (Å²) in [5.74, 6) is 0.133. The van der Waals surface area contributed by atoms with Crippen molar-refractivity contribution in [3.8, 4) is 5.75 Å². The minimum Gasteiger partial charge on any atom is -0.484 e. The fraction of sp³-hybridized carbons (Fsp3) is 0.0625. The Balaban J connectivity index is 1.65. The van der Waals surface area contributed by atoms with Gasteiger partial charge in [0.25, 0.3) is 5.91 Å². The van der Waals surface area contributed by atoms with Gasteiger partial charge in [0.1, 0.15) is 5.75 Å². The van der Waals surface area contributed by atoms with E-state index in [0.717, 1.165) is 0 Å². The summed E-state index contributed by atoms with van der Waals surface area (Å²) in [7, 11) is 0. The zero-order chi connectivity index (χ0) is 17.2. The van der Waals surface area contributed by atoms with Crippen molar-refractivity contribution >= 4 is 35.0 Å². The highest BCUT2D eigenvalue weighted by atomic mass is 32.1. The van der Waals surface area contributed by atoms with Crippen molar-refractivity contribution in [2.24, 2.45) is 0 Å². The number of benzene rings is 2. The fourth-order valence-corrected chi connectivity index (χ4v) is 1.82. The average Bonchev–Trinajstić information content (AvgIpc) is 2.60. The van der Waals surface area contributed by atoms with Crippen molar-refractivity contribution in [1.82, 2.24) is 16.2 Å². The number of rotatable bonds is 4. The summed E-state index contributed by atoms with van der Waals surface area (Å²) >= 11 is 4.90. The SMILES string of the molecule is O=C(COc1ccccc1)NC(=S)NNC(=O)Nc1ccccc1. The van der Waals surface area contributed by atoms with Crippen LogP contribution < -0.4 is 26.2 Å². The second-order valence-corrected chi connectivity index (χ2v) is 4.96. The molecule has 0 bridgehead atoms. The molecule has 0 saturated carbocycles. The molecule has 0 fully saturated rings. The molecule has 124 valence electrons. The van der Waals surface area contributed by atoms with Crippen molar-refractivity contribution in [1.29, 1.82) is 0 Å². The summed E-state index contributed by atoms with van der Waals surface area (Å²) in [6.07, 6.45) is 0. The van der Waals surface area contributed by atoms with Gasteiger partial charge < -0.3 is 10.1 Å². The smallest absolute Gasteiger partial charge is 0.337 e. The Labute approximate surface area is 144 Å². The first kappa shape index (κ1) is 17.2. The predicted octanol–water partition coefficient (Wildman–Crippen LogP) is 1.79. The third-order valence-corrected chi connectivity index (χ3v) is 2.89. The number of hydrogen-bond acceptors (Lipinski definition) is 4. The number of thiocarbonyl (C=S) groups is 1. The molecule has 7 nitrogen and oxygen atoms in total. The molecular formula is C16H16N4O3S. The normalized spacial score (nSPS) is 9.50. The molecule has 4 N–H and O–H groups in total. The Morgan fingerprint density at radius 3 is 2.21 bits per heavy atom. The van der Waals surface area contributed by atoms with Gasteiger partial charge >= 0.3 is 6.03 Å². The number of nitrogens with one attached hydrogen (secondary N) is 4. The lowest BCUT2D eigenvalue weighted by atomic mass is 10.3. The van der Waals surface area contributed by atoms with Gasteiger partial charge in [0, 0.05) is 5.69 Å². The van der Waals surface area contributed by atoms with Gasteiger partial charge in [-0.3, -0.25) is 15.5 Å². The summed E-state index contributed by atoms with van der Waals surface area (Å²) in [6.45, 7) is -0.192. The first-order valence-corrected chi connectivity index (χ1v) is 7.44. The number of amides is 3. The lowest BCUT2D eigenvalue weighted by Crippen LogP contribution is -2.50. The van der Waals surface area contributed by atoms with Crippen LogP contribution in [-0.2, 0) is 4.79 Å². The van der Waals surface area contributed by atoms with E-state index in [0.29, 0.717) is 11.4 Å². The molecule has 8 heteroatoms. The van der Waals surface area contributed by atoms with Crippen molar-refractivity contribution < 1.29 is 14.3 Å². The van der Waals surface area contributed by atoms with Crippen LogP contribution in [0.25, 0.3) is 0 Å². The fourth-order valence-electron chi connectivity index (χ4n) is 1.66. The van der Waals surface area contributed by atoms with Crippen LogP contribution in [-0.4, -0.2) is 23.7 Å². The number of carbonyl (C=O) groups excluding carboxylic acids is 2. The molecule has 0 atom stereocenters. The Morgan fingerprint density at radius 1 is 0.917 bits per heavy atom. The molecule has 24 heavy (non-hydrogen) atoms. The van der Waals surface area contributed by atoms with Crippen LogP contribution in [0.3, 0.4) is 0 Å². The van der Waals surface area contributed by atoms with Crippen molar-refractivity contribution in [3.05, 3.63) is 60.7 Å². The van der Waals surface area contributed by atoms with Crippen LogP contribution in [0.4, 0.5) is 10.5 Å². The molecule has 0 heterocycles. The zero-order valence-electron chi connectivity index (χ0n) is 12.6. The summed E-state index contributed by atoms with van der Waals surface area (Å²) in [4.78, 5) is 23.3. The zero-order valence-corrected chi connectivity index (χ0v) is 13.4. The van der Waals surface area contributed by atoms with Crippen molar-refractivity contribution in [2.75, 3.05) is 11.9 Å². The Bertz CT molecular complexity index is 695. The molecule has 0 radical (unpaired) electrons. The van der Waals surface area contributed by atoms with Crippen molar-refractivity contribution in [3.63, 3.8) is 0 Å². The van der Waals surface area contributed by atoms with E-state index in [4.69, 9.17) is 17.0 Å². The van der Waals surface area contributed by atoms with Crippen LogP contribution in [0.1, 0.15) is 0 Å². The number of hydrogen-bond donors (Lipinski definition) is 4. The number of urea groups is 1. The van der Waals surface area contributed by atoms with Gasteiger partial charge in [-0.2, -0.15) is 0 Å². The molecule has 0 unspecified atom stereocenters. The summed E-state index contributed by atoms with van der Waals surface area (Å²) in [6, 6.07) is 17.3. The number of hydrazine groups is 1. The van der Waals surface area contributed by atoms with Gasteiger partial charge in [-0.15, -0.1) is 0 Å². The Hall–Kier alpha value is -3.13. The molecule has 0 spiro atoms. The number of anilines is 1. The second kappa shape index (κ2) is 9.11. The molecule has 2 rings (SSSR count). The van der Waals surface area contributed by atoms with Crippen LogP contribution in [0.5, 0.6) is 5.75 Å². The van der Waals surface area contributed by atoms with Crippen LogP contribution in [0, 0.1) is 0 Å². The summed E-state index contributed by atoms with van der Waals surface area (Å²) in [5.41, 5.74) is 5.35. The van der Waals surface area contributed by atoms with Gasteiger partial charge in [0.05, 0.1) is 0 Å². The van der Waals surface area contributed by atoms with E-state index in [9.17, 15) is 9.59 Å². The molecule has 0 aromatic heterocycles. The van der Waals surface area contributed by atoms with Gasteiger partial charge in [-0.1, -0.05) is 36.4 Å². The highest BCUT2D eigenvalue weighted by Crippen LogP contribution is 2.07. The molecule has 0 saturated heterocycles. The first-order valence-electron chi connectivity index (χ1n) is 7.03. The summed E-state index contributed by atoms with van der Waals surface area (Å²) < 4.78 is 5.27. The van der Waals surface area contributed by atoms with E-state index >= 15 is 0 Å². The highest BCUT2D eigenvalue weighted by molar-refractivity contribution is 7.80. The predicted molar refractivity (Wildman–Crippen MR) is 94.4 cm³/mol. The quantitative estimate of drug-likeness (QED) is 0.501. The van der Waals surface area contributed by atoms with Crippen LogP contribution >= 0.6 is 12.2 Å². The largest absolute Gasteiger partial charge is 0.484 e. The van der Waals surface area contributed by atoms with Crippen molar-refractivity contribution in [2.45, 2.75) is 0 Å². The average molecular weight is 344 g/mol. The molecule has 2 aromatic rings. The van der Waals surface area contributed by atoms with Gasteiger partial charge in [0.15, 0.2) is 11.7 Å². The van der Waals surface area contributed by atoms with Crippen LogP contribution in [0.2, 0.25) is 0 Å². The topological polar surface area (TPSA) is 91.5 Å². The minimum atomic E-state index is -0.515. The Kier molecular flexibility index (Phi) is 6.54. The maximum Gasteiger partial charge on any atom is 0.337 e. The van der Waals surface area contributed by atoms with E-state index in [1.54, 1.807) is 48.5 Å². The summed E-state index contributed by atoms with van der Waals surface area (Å²) in [5, 5.41) is 4.93. The second-order valence-electron chi connectivity index (χ2n) is 4.55. The maximum absolute atomic E-state index is 11.7. The molecule has 0 aliphatic heterocycles. The third kappa shape index (κ3) is 6.32. The van der Waals surface area contributed by atoms with E-state index in [1.807, 2.05) is 12.1 Å². The van der Waals surface area contributed by atoms with Gasteiger partial charge in [-0.25, -0.2) is 10.2 Å². The third-order valence-electron chi connectivity index (χ3n) is 2.69. The van der Waals surface area contributed by atoms with Gasteiger partial charge in [0.2, 0.25) is 0 Å². The first-order chi connectivity index (χ1) is 11.6. The number of ether oxygens (including phenoxy) is 1. The van der Waals surface area contributed by atoms with E-state index < -0.39 is 11.9 Å². The maximum atomic E-state index is 11.7. The van der Waals surface area contributed by atoms with Crippen LogP contribution in [0.15, 0.2) is 60.7 Å². The molecule has 0 aliphatic rings. The standard InChI is InChI=1S/C16H16N4O3S/c21-14(11-23-13-9-5-2-6-10-13)18-16(24)20-19-15(22)17-12-7-3-1-4-8-12/h1-10H,11H2,(H2,17,19,22)(H2,18,20,21,24). The lowest BCUT2D eigenvalue weighted by Gasteiger charge is -2.12. The number of para-hydroxylation sites is 2. The monoisotopic (exact) mass is 344 g/mol. The molecule has 2 aromatic carbocycles. The highest BCUT2D eigenvalue weighted by Gasteiger charge is 2.07. The molecule has 0 aliphatic carbocycles. The van der Waals surface area contributed by atoms with E-state index in [1.165, 1.54) is 0 Å². The molecular weight excluding hydrogens is 328 g/mol.